The van der Waals surface area contributed by atoms with Crippen LogP contribution < -0.4 is 5.32 Å². The molecule has 1 aromatic rings. The number of piperazine rings is 1. The molecule has 0 aromatic heterocycles. The Hall–Kier alpha value is -0.900. The molecule has 1 N–H and O–H groups in total. The van der Waals surface area contributed by atoms with Gasteiger partial charge in [-0.1, -0.05) is 24.3 Å². The van der Waals surface area contributed by atoms with Crippen LogP contribution in [0.25, 0.3) is 0 Å². The van der Waals surface area contributed by atoms with Gasteiger partial charge < -0.3 is 10.1 Å². The Balaban J connectivity index is 1.57. The van der Waals surface area contributed by atoms with Crippen LogP contribution in [0.4, 0.5) is 0 Å². The molecule has 0 amide bonds. The lowest BCUT2D eigenvalue weighted by Crippen LogP contribution is -2.44. The highest BCUT2D eigenvalue weighted by molar-refractivity contribution is 5.25. The number of aryl methyl sites for hydroxylation is 1. The molecular weight excluding hydrogens is 224 g/mol. The Morgan fingerprint density at radius 3 is 2.72 bits per heavy atom. The van der Waals surface area contributed by atoms with E-state index in [1.807, 2.05) is 0 Å². The minimum Gasteiger partial charge on any atom is -0.380 e. The summed E-state index contributed by atoms with van der Waals surface area (Å²) in [5.41, 5.74) is 2.77. The fourth-order valence-electron chi connectivity index (χ4n) is 2.30. The molecule has 0 radical (unpaired) electrons. The molecule has 3 nitrogen and oxygen atoms in total. The molecule has 1 aromatic carbocycles. The lowest BCUT2D eigenvalue weighted by atomic mass is 10.1. The summed E-state index contributed by atoms with van der Waals surface area (Å²) < 4.78 is 5.73. The van der Waals surface area contributed by atoms with Crippen LogP contribution >= 0.6 is 0 Å². The van der Waals surface area contributed by atoms with Crippen molar-refractivity contribution in [2.75, 3.05) is 45.9 Å². The summed E-state index contributed by atoms with van der Waals surface area (Å²) in [7, 11) is 0. The number of benzene rings is 1. The Labute approximate surface area is 110 Å². The van der Waals surface area contributed by atoms with Crippen molar-refractivity contribution in [3.8, 4) is 0 Å². The third-order valence-corrected chi connectivity index (χ3v) is 3.54. The average molecular weight is 248 g/mol. The van der Waals surface area contributed by atoms with Gasteiger partial charge in [-0.2, -0.15) is 0 Å². The molecule has 1 fully saturated rings. The molecule has 0 spiro atoms. The SMILES string of the molecule is Cc1ccccc1CCOCCN1CCNCC1. The topological polar surface area (TPSA) is 24.5 Å². The van der Waals surface area contributed by atoms with Gasteiger partial charge in [0, 0.05) is 32.7 Å². The van der Waals surface area contributed by atoms with Gasteiger partial charge in [0.1, 0.15) is 0 Å². The molecule has 1 saturated heterocycles. The zero-order valence-electron chi connectivity index (χ0n) is 11.3. The molecule has 3 heteroatoms. The number of hydrogen-bond donors (Lipinski definition) is 1. The van der Waals surface area contributed by atoms with E-state index in [1.165, 1.54) is 11.1 Å². The van der Waals surface area contributed by atoms with Crippen LogP contribution in [-0.2, 0) is 11.2 Å². The van der Waals surface area contributed by atoms with Gasteiger partial charge in [-0.3, -0.25) is 4.90 Å². The van der Waals surface area contributed by atoms with E-state index in [2.05, 4.69) is 41.4 Å². The highest BCUT2D eigenvalue weighted by Gasteiger charge is 2.08. The van der Waals surface area contributed by atoms with Crippen molar-refractivity contribution in [2.24, 2.45) is 0 Å². The molecule has 0 unspecified atom stereocenters. The summed E-state index contributed by atoms with van der Waals surface area (Å²) >= 11 is 0. The fraction of sp³-hybridized carbons (Fsp3) is 0.600. The maximum atomic E-state index is 5.73. The Morgan fingerprint density at radius 1 is 1.17 bits per heavy atom. The Bertz CT molecular complexity index is 348. The molecule has 100 valence electrons. The molecule has 1 aliphatic heterocycles. The van der Waals surface area contributed by atoms with Gasteiger partial charge in [0.2, 0.25) is 0 Å². The van der Waals surface area contributed by atoms with E-state index >= 15 is 0 Å². The van der Waals surface area contributed by atoms with Crippen LogP contribution in [0.1, 0.15) is 11.1 Å². The second kappa shape index (κ2) is 7.52. The van der Waals surface area contributed by atoms with Crippen molar-refractivity contribution >= 4 is 0 Å². The Kier molecular flexibility index (Phi) is 5.65. The molecule has 0 saturated carbocycles. The number of nitrogens with zero attached hydrogens (tertiary/aromatic N) is 1. The van der Waals surface area contributed by atoms with Crippen molar-refractivity contribution in [3.05, 3.63) is 35.4 Å². The molecule has 0 bridgehead atoms. The van der Waals surface area contributed by atoms with Gasteiger partial charge in [0.15, 0.2) is 0 Å². The molecule has 1 aliphatic rings. The highest BCUT2D eigenvalue weighted by Crippen LogP contribution is 2.07. The molecular formula is C15H24N2O. The lowest BCUT2D eigenvalue weighted by Gasteiger charge is -2.26. The first-order valence-electron chi connectivity index (χ1n) is 6.91. The number of rotatable bonds is 6. The third kappa shape index (κ3) is 4.41. The number of nitrogens with one attached hydrogen (secondary N) is 1. The van der Waals surface area contributed by atoms with Crippen molar-refractivity contribution in [3.63, 3.8) is 0 Å². The zero-order chi connectivity index (χ0) is 12.6. The van der Waals surface area contributed by atoms with Gasteiger partial charge in [-0.25, -0.2) is 0 Å². The van der Waals surface area contributed by atoms with Crippen LogP contribution in [-0.4, -0.2) is 50.8 Å². The van der Waals surface area contributed by atoms with Crippen LogP contribution in [0.2, 0.25) is 0 Å². The zero-order valence-corrected chi connectivity index (χ0v) is 11.3. The third-order valence-electron chi connectivity index (χ3n) is 3.54. The predicted octanol–water partition coefficient (Wildman–Crippen LogP) is 1.46. The monoisotopic (exact) mass is 248 g/mol. The van der Waals surface area contributed by atoms with Crippen LogP contribution in [0.3, 0.4) is 0 Å². The van der Waals surface area contributed by atoms with Crippen LogP contribution in [0.5, 0.6) is 0 Å². The van der Waals surface area contributed by atoms with E-state index in [0.717, 1.165) is 52.4 Å². The second-order valence-corrected chi connectivity index (χ2v) is 4.88. The highest BCUT2D eigenvalue weighted by atomic mass is 16.5. The summed E-state index contributed by atoms with van der Waals surface area (Å²) in [6, 6.07) is 8.54. The average Bonchev–Trinajstić information content (AvgIpc) is 2.42. The first-order chi connectivity index (χ1) is 8.86. The van der Waals surface area contributed by atoms with E-state index < -0.39 is 0 Å². The standard InChI is InChI=1S/C15H24N2O/c1-14-4-2-3-5-15(14)6-12-18-13-11-17-9-7-16-8-10-17/h2-5,16H,6-13H2,1H3. The number of hydrogen-bond acceptors (Lipinski definition) is 3. The van der Waals surface area contributed by atoms with Crippen LogP contribution in [0, 0.1) is 6.92 Å². The summed E-state index contributed by atoms with van der Waals surface area (Å²) in [6.07, 6.45) is 1.02. The summed E-state index contributed by atoms with van der Waals surface area (Å²) in [5, 5.41) is 3.36. The predicted molar refractivity (Wildman–Crippen MR) is 75.0 cm³/mol. The maximum Gasteiger partial charge on any atom is 0.0593 e. The maximum absolute atomic E-state index is 5.73. The van der Waals surface area contributed by atoms with Gasteiger partial charge >= 0.3 is 0 Å². The quantitative estimate of drug-likeness (QED) is 0.771. The van der Waals surface area contributed by atoms with Crippen molar-refractivity contribution in [2.45, 2.75) is 13.3 Å². The summed E-state index contributed by atoms with van der Waals surface area (Å²) in [6.45, 7) is 9.45. The van der Waals surface area contributed by atoms with E-state index in [4.69, 9.17) is 4.74 Å². The Morgan fingerprint density at radius 2 is 1.94 bits per heavy atom. The van der Waals surface area contributed by atoms with E-state index in [0.29, 0.717) is 0 Å². The molecule has 0 atom stereocenters. The van der Waals surface area contributed by atoms with Gasteiger partial charge in [0.05, 0.1) is 13.2 Å². The van der Waals surface area contributed by atoms with E-state index in [9.17, 15) is 0 Å². The largest absolute Gasteiger partial charge is 0.380 e. The molecule has 18 heavy (non-hydrogen) atoms. The second-order valence-electron chi connectivity index (χ2n) is 4.88. The molecule has 2 rings (SSSR count). The minimum atomic E-state index is 0.830. The lowest BCUT2D eigenvalue weighted by molar-refractivity contribution is 0.101. The minimum absolute atomic E-state index is 0.830. The number of ether oxygens (including phenoxy) is 1. The molecule has 0 aliphatic carbocycles. The van der Waals surface area contributed by atoms with E-state index in [1.54, 1.807) is 0 Å². The van der Waals surface area contributed by atoms with Gasteiger partial charge in [-0.15, -0.1) is 0 Å². The van der Waals surface area contributed by atoms with Crippen molar-refractivity contribution < 1.29 is 4.74 Å². The normalized spacial score (nSPS) is 16.9. The smallest absolute Gasteiger partial charge is 0.0593 e. The van der Waals surface area contributed by atoms with Crippen molar-refractivity contribution in [1.29, 1.82) is 0 Å². The first-order valence-corrected chi connectivity index (χ1v) is 6.91. The summed E-state index contributed by atoms with van der Waals surface area (Å²) in [4.78, 5) is 2.46. The fourth-order valence-corrected chi connectivity index (χ4v) is 2.30. The summed E-state index contributed by atoms with van der Waals surface area (Å²) in [5.74, 6) is 0. The van der Waals surface area contributed by atoms with Gasteiger partial charge in [-0.05, 0) is 24.5 Å². The van der Waals surface area contributed by atoms with E-state index in [-0.39, 0.29) is 0 Å². The van der Waals surface area contributed by atoms with Crippen molar-refractivity contribution in [1.82, 2.24) is 10.2 Å². The van der Waals surface area contributed by atoms with Crippen LogP contribution in [0.15, 0.2) is 24.3 Å². The first kappa shape index (κ1) is 13.5. The van der Waals surface area contributed by atoms with Gasteiger partial charge in [0.25, 0.3) is 0 Å². The molecule has 1 heterocycles.